The van der Waals surface area contributed by atoms with Crippen LogP contribution in [0.5, 0.6) is 0 Å². The first kappa shape index (κ1) is 10.3. The molecule has 1 spiro atoms. The second kappa shape index (κ2) is 3.89. The summed E-state index contributed by atoms with van der Waals surface area (Å²) in [5.41, 5.74) is 2.07. The molecular weight excluding hydrogens is 194 g/mol. The molecule has 0 aromatic heterocycles. The van der Waals surface area contributed by atoms with Gasteiger partial charge in [-0.2, -0.15) is 0 Å². The van der Waals surface area contributed by atoms with Gasteiger partial charge in [0, 0.05) is 5.54 Å². The standard InChI is InChI=1S/C15H21N/c1-12-11-16-15(7-8-15)10-14(12)9-13-5-3-2-4-6-13/h2-6,12,14,16H,7-11H2,1H3/t12-,14?/m1/s1. The van der Waals surface area contributed by atoms with Crippen LogP contribution in [0.15, 0.2) is 30.3 Å². The first-order valence-electron chi connectivity index (χ1n) is 6.56. The molecule has 1 N–H and O–H groups in total. The maximum Gasteiger partial charge on any atom is 0.0185 e. The van der Waals surface area contributed by atoms with E-state index in [1.54, 1.807) is 0 Å². The van der Waals surface area contributed by atoms with Gasteiger partial charge in [0.25, 0.3) is 0 Å². The van der Waals surface area contributed by atoms with E-state index in [9.17, 15) is 0 Å². The highest BCUT2D eigenvalue weighted by Gasteiger charge is 2.47. The number of hydrogen-bond donors (Lipinski definition) is 1. The number of nitrogens with one attached hydrogen (secondary N) is 1. The number of rotatable bonds is 2. The smallest absolute Gasteiger partial charge is 0.0185 e. The second-order valence-corrected chi connectivity index (χ2v) is 5.79. The molecule has 0 bridgehead atoms. The van der Waals surface area contributed by atoms with Gasteiger partial charge in [-0.1, -0.05) is 37.3 Å². The third kappa shape index (κ3) is 2.01. The average molecular weight is 215 g/mol. The van der Waals surface area contributed by atoms with Crippen LogP contribution in [0.1, 0.15) is 31.7 Å². The zero-order chi connectivity index (χ0) is 11.0. The van der Waals surface area contributed by atoms with Crippen molar-refractivity contribution >= 4 is 0 Å². The van der Waals surface area contributed by atoms with Crippen molar-refractivity contribution in [1.29, 1.82) is 0 Å². The fourth-order valence-electron chi connectivity index (χ4n) is 3.04. The van der Waals surface area contributed by atoms with Gasteiger partial charge in [-0.3, -0.25) is 0 Å². The van der Waals surface area contributed by atoms with E-state index in [0.717, 1.165) is 11.8 Å². The van der Waals surface area contributed by atoms with Gasteiger partial charge in [0.15, 0.2) is 0 Å². The van der Waals surface area contributed by atoms with Gasteiger partial charge in [0.2, 0.25) is 0 Å². The third-order valence-corrected chi connectivity index (χ3v) is 4.45. The van der Waals surface area contributed by atoms with Crippen LogP contribution in [-0.2, 0) is 6.42 Å². The van der Waals surface area contributed by atoms with Crippen molar-refractivity contribution in [2.24, 2.45) is 11.8 Å². The van der Waals surface area contributed by atoms with Crippen molar-refractivity contribution < 1.29 is 0 Å². The van der Waals surface area contributed by atoms with Gasteiger partial charge in [-0.25, -0.2) is 0 Å². The minimum atomic E-state index is 0.561. The van der Waals surface area contributed by atoms with Crippen molar-refractivity contribution in [3.63, 3.8) is 0 Å². The monoisotopic (exact) mass is 215 g/mol. The maximum atomic E-state index is 3.73. The number of hydrogen-bond acceptors (Lipinski definition) is 1. The minimum Gasteiger partial charge on any atom is -0.311 e. The Hall–Kier alpha value is -0.820. The Morgan fingerprint density at radius 2 is 2.00 bits per heavy atom. The van der Waals surface area contributed by atoms with Gasteiger partial charge in [0.05, 0.1) is 0 Å². The van der Waals surface area contributed by atoms with E-state index >= 15 is 0 Å². The van der Waals surface area contributed by atoms with E-state index in [4.69, 9.17) is 0 Å². The van der Waals surface area contributed by atoms with Crippen LogP contribution in [-0.4, -0.2) is 12.1 Å². The Bertz CT molecular complexity index is 353. The lowest BCUT2D eigenvalue weighted by atomic mass is 9.79. The Labute approximate surface area is 98.3 Å². The van der Waals surface area contributed by atoms with Crippen molar-refractivity contribution in [1.82, 2.24) is 5.32 Å². The van der Waals surface area contributed by atoms with Crippen LogP contribution in [0.2, 0.25) is 0 Å². The molecule has 1 saturated heterocycles. The molecule has 2 fully saturated rings. The highest BCUT2D eigenvalue weighted by atomic mass is 15.0. The molecule has 2 aliphatic rings. The summed E-state index contributed by atoms with van der Waals surface area (Å²) in [6.07, 6.45) is 5.48. The Morgan fingerprint density at radius 3 is 2.69 bits per heavy atom. The molecule has 1 unspecified atom stereocenters. The van der Waals surface area contributed by atoms with E-state index in [1.807, 2.05) is 0 Å². The van der Waals surface area contributed by atoms with Crippen LogP contribution >= 0.6 is 0 Å². The molecule has 0 amide bonds. The lowest BCUT2D eigenvalue weighted by Crippen LogP contribution is -2.45. The fraction of sp³-hybridized carbons (Fsp3) is 0.600. The lowest BCUT2D eigenvalue weighted by Gasteiger charge is -2.36. The molecule has 1 aromatic rings. The zero-order valence-electron chi connectivity index (χ0n) is 10.1. The predicted octanol–water partition coefficient (Wildman–Crippen LogP) is 3.01. The summed E-state index contributed by atoms with van der Waals surface area (Å²) in [7, 11) is 0. The zero-order valence-corrected chi connectivity index (χ0v) is 10.1. The fourth-order valence-corrected chi connectivity index (χ4v) is 3.04. The van der Waals surface area contributed by atoms with Gasteiger partial charge >= 0.3 is 0 Å². The van der Waals surface area contributed by atoms with Crippen molar-refractivity contribution in [2.45, 2.75) is 38.1 Å². The van der Waals surface area contributed by atoms with E-state index < -0.39 is 0 Å². The molecule has 0 radical (unpaired) electrons. The summed E-state index contributed by atoms with van der Waals surface area (Å²) in [5, 5.41) is 3.73. The second-order valence-electron chi connectivity index (χ2n) is 5.79. The molecule has 1 aliphatic heterocycles. The molecule has 1 heterocycles. The first-order valence-corrected chi connectivity index (χ1v) is 6.56. The van der Waals surface area contributed by atoms with E-state index in [-0.39, 0.29) is 0 Å². The molecule has 2 atom stereocenters. The summed E-state index contributed by atoms with van der Waals surface area (Å²) in [4.78, 5) is 0. The maximum absolute atomic E-state index is 3.73. The summed E-state index contributed by atoms with van der Waals surface area (Å²) in [6, 6.07) is 11.0. The Balaban J connectivity index is 1.69. The van der Waals surface area contributed by atoms with Crippen LogP contribution in [0, 0.1) is 11.8 Å². The molecular formula is C15H21N. The number of benzene rings is 1. The van der Waals surface area contributed by atoms with Crippen molar-refractivity contribution in [3.8, 4) is 0 Å². The molecule has 86 valence electrons. The SMILES string of the molecule is C[C@@H]1CNC2(CC2)CC1Cc1ccccc1. The lowest BCUT2D eigenvalue weighted by molar-refractivity contribution is 0.210. The van der Waals surface area contributed by atoms with Crippen LogP contribution in [0.25, 0.3) is 0 Å². The third-order valence-electron chi connectivity index (χ3n) is 4.45. The van der Waals surface area contributed by atoms with Gasteiger partial charge < -0.3 is 5.32 Å². The number of piperidine rings is 1. The van der Waals surface area contributed by atoms with Gasteiger partial charge in [-0.15, -0.1) is 0 Å². The highest BCUT2D eigenvalue weighted by Crippen LogP contribution is 2.46. The predicted molar refractivity (Wildman–Crippen MR) is 67.4 cm³/mol. The first-order chi connectivity index (χ1) is 7.77. The van der Waals surface area contributed by atoms with Crippen LogP contribution < -0.4 is 5.32 Å². The molecule has 1 aliphatic carbocycles. The van der Waals surface area contributed by atoms with Gasteiger partial charge in [0.1, 0.15) is 0 Å². The average Bonchev–Trinajstić information content (AvgIpc) is 3.06. The van der Waals surface area contributed by atoms with E-state index in [0.29, 0.717) is 5.54 Å². The van der Waals surface area contributed by atoms with Crippen LogP contribution in [0.3, 0.4) is 0 Å². The molecule has 1 saturated carbocycles. The quantitative estimate of drug-likeness (QED) is 0.799. The Kier molecular flexibility index (Phi) is 2.51. The van der Waals surface area contributed by atoms with E-state index in [1.165, 1.54) is 37.8 Å². The Morgan fingerprint density at radius 1 is 1.25 bits per heavy atom. The van der Waals surface area contributed by atoms with E-state index in [2.05, 4.69) is 42.6 Å². The molecule has 1 heteroatoms. The summed E-state index contributed by atoms with van der Waals surface area (Å²) < 4.78 is 0. The largest absolute Gasteiger partial charge is 0.311 e. The van der Waals surface area contributed by atoms with Crippen molar-refractivity contribution in [3.05, 3.63) is 35.9 Å². The topological polar surface area (TPSA) is 12.0 Å². The van der Waals surface area contributed by atoms with Crippen LogP contribution in [0.4, 0.5) is 0 Å². The molecule has 3 rings (SSSR count). The van der Waals surface area contributed by atoms with Gasteiger partial charge in [-0.05, 0) is 49.6 Å². The normalized spacial score (nSPS) is 31.6. The molecule has 1 aromatic carbocycles. The molecule has 16 heavy (non-hydrogen) atoms. The minimum absolute atomic E-state index is 0.561. The summed E-state index contributed by atoms with van der Waals surface area (Å²) >= 11 is 0. The highest BCUT2D eigenvalue weighted by molar-refractivity contribution is 5.17. The summed E-state index contributed by atoms with van der Waals surface area (Å²) in [6.45, 7) is 3.62. The summed E-state index contributed by atoms with van der Waals surface area (Å²) in [5.74, 6) is 1.71. The molecule has 1 nitrogen and oxygen atoms in total. The van der Waals surface area contributed by atoms with Crippen molar-refractivity contribution in [2.75, 3.05) is 6.54 Å².